The van der Waals surface area contributed by atoms with Gasteiger partial charge in [-0.3, -0.25) is 0 Å². The zero-order valence-corrected chi connectivity index (χ0v) is 17.5. The summed E-state index contributed by atoms with van der Waals surface area (Å²) < 4.78 is 26.6. The first-order valence-corrected chi connectivity index (χ1v) is 11.8. The topological polar surface area (TPSA) is 35.5 Å². The molecule has 0 aromatic heterocycles. The van der Waals surface area contributed by atoms with E-state index in [1.54, 1.807) is 0 Å². The third-order valence-electron chi connectivity index (χ3n) is 3.12. The van der Waals surface area contributed by atoms with Crippen LogP contribution >= 0.6 is 19.2 Å². The van der Waals surface area contributed by atoms with Gasteiger partial charge in [0.2, 0.25) is 0 Å². The van der Waals surface area contributed by atoms with Crippen LogP contribution in [0.2, 0.25) is 0 Å². The van der Waals surface area contributed by atoms with Gasteiger partial charge in [0, 0.05) is 0 Å². The Hall–Kier alpha value is -0.0805. The van der Waals surface area contributed by atoms with Gasteiger partial charge < -0.3 is 0 Å². The average Bonchev–Trinajstić information content (AvgIpc) is 2.55. The summed E-state index contributed by atoms with van der Waals surface area (Å²) in [5.74, 6) is 0.359. The Morgan fingerprint density at radius 2 is 1.74 bits per heavy atom. The monoisotopic (exact) mass is 424 g/mol. The summed E-state index contributed by atoms with van der Waals surface area (Å²) in [6.45, 7) is 6.52. The Labute approximate surface area is 151 Å². The normalized spacial score (nSPS) is 13.0. The Morgan fingerprint density at radius 3 is 2.22 bits per heavy atom. The van der Waals surface area contributed by atoms with Gasteiger partial charge in [-0.05, 0) is 0 Å². The van der Waals surface area contributed by atoms with Crippen molar-refractivity contribution >= 4 is 38.6 Å². The molecule has 0 spiro atoms. The van der Waals surface area contributed by atoms with Crippen molar-refractivity contribution in [1.29, 1.82) is 0 Å². The summed E-state index contributed by atoms with van der Waals surface area (Å²) in [7, 11) is -3.26. The minimum atomic E-state index is -3.26. The number of allylic oxidation sites excluding steroid dienone is 2. The fraction of sp³-hybridized carbons (Fsp3) is 0.529. The van der Waals surface area contributed by atoms with Crippen LogP contribution in [0, 0.1) is 0 Å². The van der Waals surface area contributed by atoms with Crippen LogP contribution in [0.25, 0.3) is 0 Å². The molecular formula is C17H26ClO3PSe. The van der Waals surface area contributed by atoms with Crippen molar-refractivity contribution in [2.75, 3.05) is 19.1 Å². The van der Waals surface area contributed by atoms with Crippen LogP contribution in [0.5, 0.6) is 0 Å². The van der Waals surface area contributed by atoms with E-state index in [9.17, 15) is 4.57 Å². The van der Waals surface area contributed by atoms with Crippen molar-refractivity contribution in [3.8, 4) is 0 Å². The summed E-state index contributed by atoms with van der Waals surface area (Å²) in [5, 5.41) is 0.793. The van der Waals surface area contributed by atoms with E-state index in [1.807, 2.05) is 32.0 Å². The van der Waals surface area contributed by atoms with Crippen LogP contribution in [0.15, 0.2) is 40.1 Å². The second-order valence-corrected chi connectivity index (χ2v) is 9.62. The van der Waals surface area contributed by atoms with Crippen molar-refractivity contribution in [2.24, 2.45) is 0 Å². The second-order valence-electron chi connectivity index (χ2n) is 4.86. The van der Waals surface area contributed by atoms with E-state index < -0.39 is 7.60 Å². The summed E-state index contributed by atoms with van der Waals surface area (Å²) in [6, 6.07) is 10.2. The van der Waals surface area contributed by atoms with Gasteiger partial charge in [0.25, 0.3) is 0 Å². The molecule has 0 aliphatic rings. The van der Waals surface area contributed by atoms with E-state index in [4.69, 9.17) is 20.6 Å². The van der Waals surface area contributed by atoms with Crippen LogP contribution < -0.4 is 4.46 Å². The number of unbranched alkanes of at least 4 members (excludes halogenated alkanes) is 1. The third-order valence-corrected chi connectivity index (χ3v) is 8.84. The van der Waals surface area contributed by atoms with E-state index in [-0.39, 0.29) is 15.0 Å². The van der Waals surface area contributed by atoms with Crippen LogP contribution in [0.3, 0.4) is 0 Å². The molecule has 0 aliphatic heterocycles. The van der Waals surface area contributed by atoms with Gasteiger partial charge in [-0.2, -0.15) is 0 Å². The van der Waals surface area contributed by atoms with Crippen molar-refractivity contribution in [1.82, 2.24) is 0 Å². The fourth-order valence-corrected chi connectivity index (χ4v) is 7.25. The molecule has 1 rings (SSSR count). The van der Waals surface area contributed by atoms with Gasteiger partial charge in [-0.1, -0.05) is 0 Å². The van der Waals surface area contributed by atoms with Crippen LogP contribution in [0.4, 0.5) is 0 Å². The Balaban J connectivity index is 3.23. The first-order chi connectivity index (χ1) is 11.1. The fourth-order valence-electron chi connectivity index (χ4n) is 2.10. The number of halogens is 1. The minimum absolute atomic E-state index is 0.0238. The molecular weight excluding hydrogens is 398 g/mol. The molecule has 1 aromatic carbocycles. The zero-order valence-electron chi connectivity index (χ0n) is 14.1. The molecule has 0 radical (unpaired) electrons. The van der Waals surface area contributed by atoms with Gasteiger partial charge in [0.15, 0.2) is 0 Å². The number of hydrogen-bond donors (Lipinski definition) is 0. The first-order valence-electron chi connectivity index (χ1n) is 8.01. The predicted octanol–water partition coefficient (Wildman–Crippen LogP) is 4.92. The first kappa shape index (κ1) is 21.0. The SMILES string of the molecule is CCCC/C(=C(\CCl)[Se]c1ccccc1)P(=O)(OCC)OCC. The number of benzene rings is 1. The molecule has 0 saturated carbocycles. The maximum absolute atomic E-state index is 13.3. The average molecular weight is 424 g/mol. The predicted molar refractivity (Wildman–Crippen MR) is 100.0 cm³/mol. The molecule has 0 atom stereocenters. The van der Waals surface area contributed by atoms with Crippen LogP contribution in [0.1, 0.15) is 40.0 Å². The molecule has 3 nitrogen and oxygen atoms in total. The summed E-state index contributed by atoms with van der Waals surface area (Å²) in [4.78, 5) is 0. The summed E-state index contributed by atoms with van der Waals surface area (Å²) >= 11 is 6.25. The van der Waals surface area contributed by atoms with Crippen LogP contribution in [-0.4, -0.2) is 34.1 Å². The third kappa shape index (κ3) is 6.74. The van der Waals surface area contributed by atoms with Crippen molar-refractivity contribution in [3.05, 3.63) is 40.1 Å². The molecule has 1 aromatic rings. The number of hydrogen-bond acceptors (Lipinski definition) is 3. The van der Waals surface area contributed by atoms with Crippen molar-refractivity contribution < 1.29 is 13.6 Å². The van der Waals surface area contributed by atoms with Gasteiger partial charge in [-0.15, -0.1) is 0 Å². The molecule has 0 saturated heterocycles. The molecule has 0 amide bonds. The van der Waals surface area contributed by atoms with E-state index in [0.29, 0.717) is 25.5 Å². The van der Waals surface area contributed by atoms with Gasteiger partial charge >= 0.3 is 151 Å². The maximum atomic E-state index is 13.3. The number of rotatable bonds is 11. The van der Waals surface area contributed by atoms with Crippen molar-refractivity contribution in [3.63, 3.8) is 0 Å². The quantitative estimate of drug-likeness (QED) is 0.288. The molecule has 0 unspecified atom stereocenters. The number of alkyl halides is 1. The van der Waals surface area contributed by atoms with Crippen LogP contribution in [-0.2, 0) is 13.6 Å². The molecule has 6 heteroatoms. The molecule has 23 heavy (non-hydrogen) atoms. The van der Waals surface area contributed by atoms with E-state index in [0.717, 1.165) is 22.6 Å². The molecule has 0 bridgehead atoms. The molecule has 0 heterocycles. The molecule has 0 N–H and O–H groups in total. The second kappa shape index (κ2) is 11.5. The Kier molecular flexibility index (Phi) is 10.5. The van der Waals surface area contributed by atoms with E-state index >= 15 is 0 Å². The van der Waals surface area contributed by atoms with E-state index in [2.05, 4.69) is 19.1 Å². The Bertz CT molecular complexity index is 524. The zero-order chi connectivity index (χ0) is 17.1. The van der Waals surface area contributed by atoms with Gasteiger partial charge in [-0.25, -0.2) is 0 Å². The van der Waals surface area contributed by atoms with E-state index in [1.165, 1.54) is 4.46 Å². The van der Waals surface area contributed by atoms with Crippen molar-refractivity contribution in [2.45, 2.75) is 40.0 Å². The molecule has 0 aliphatic carbocycles. The van der Waals surface area contributed by atoms with Gasteiger partial charge in [0.1, 0.15) is 0 Å². The van der Waals surface area contributed by atoms with Gasteiger partial charge in [0.05, 0.1) is 0 Å². The molecule has 0 fully saturated rings. The summed E-state index contributed by atoms with van der Waals surface area (Å²) in [6.07, 6.45) is 2.69. The molecule has 130 valence electrons. The Morgan fingerprint density at radius 1 is 1.13 bits per heavy atom. The standard InChI is InChI=1S/C17H26ClO3PSe/c1-4-7-13-16(22(19,20-5-2)21-6-3)17(14-18)23-15-11-9-8-10-12-15/h8-12H,4-7,13-14H2,1-3H3/b17-16-. The summed E-state index contributed by atoms with van der Waals surface area (Å²) in [5.41, 5.74) is 0.